The Morgan fingerprint density at radius 2 is 1.95 bits per heavy atom. The van der Waals surface area contributed by atoms with Gasteiger partial charge in [0.05, 0.1) is 12.3 Å². The number of hydrogen-bond acceptors (Lipinski definition) is 5. The first-order valence-corrected chi connectivity index (χ1v) is 6.57. The number of aromatic nitrogens is 1. The molecule has 0 saturated carbocycles. The summed E-state index contributed by atoms with van der Waals surface area (Å²) < 4.78 is 11.0. The van der Waals surface area contributed by atoms with Crippen LogP contribution in [0.5, 0.6) is 0 Å². The number of pyridine rings is 1. The lowest BCUT2D eigenvalue weighted by molar-refractivity contribution is -0.143. The number of anilines is 1. The average molecular weight is 296 g/mol. The minimum Gasteiger partial charge on any atom is -0.465 e. The standard InChI is InChI=1S/C14H20N2O5/c1-5-20-12(18)9-16-8-10(6-7-11(16)17)15-13(19)21-14(2,3)4/h6-8H,5,9H2,1-4H3,(H,15,19). The third-order valence-electron chi connectivity index (χ3n) is 2.23. The number of hydrogen-bond donors (Lipinski definition) is 1. The summed E-state index contributed by atoms with van der Waals surface area (Å²) in [6, 6.07) is 2.69. The molecule has 0 aromatic carbocycles. The highest BCUT2D eigenvalue weighted by molar-refractivity contribution is 5.84. The second-order valence-electron chi connectivity index (χ2n) is 5.32. The van der Waals surface area contributed by atoms with E-state index in [1.54, 1.807) is 27.7 Å². The number of ether oxygens (including phenoxy) is 2. The Balaban J connectivity index is 2.79. The monoisotopic (exact) mass is 296 g/mol. The van der Waals surface area contributed by atoms with Crippen molar-refractivity contribution in [3.8, 4) is 0 Å². The highest BCUT2D eigenvalue weighted by atomic mass is 16.6. The predicted octanol–water partition coefficient (Wildman–Crippen LogP) is 1.76. The van der Waals surface area contributed by atoms with Crippen LogP contribution < -0.4 is 10.9 Å². The summed E-state index contributed by atoms with van der Waals surface area (Å²) in [5.74, 6) is -0.519. The number of esters is 1. The Kier molecular flexibility index (Phi) is 5.52. The smallest absolute Gasteiger partial charge is 0.412 e. The van der Waals surface area contributed by atoms with Crippen LogP contribution in [-0.4, -0.2) is 28.8 Å². The molecule has 0 atom stereocenters. The van der Waals surface area contributed by atoms with Crippen LogP contribution in [0.3, 0.4) is 0 Å². The Bertz CT molecular complexity index is 571. The third kappa shape index (κ3) is 6.11. The zero-order valence-corrected chi connectivity index (χ0v) is 12.6. The van der Waals surface area contributed by atoms with Crippen molar-refractivity contribution >= 4 is 17.7 Å². The van der Waals surface area contributed by atoms with Crippen molar-refractivity contribution in [2.45, 2.75) is 39.8 Å². The quantitative estimate of drug-likeness (QED) is 0.855. The average Bonchev–Trinajstić information content (AvgIpc) is 2.31. The topological polar surface area (TPSA) is 86.6 Å². The summed E-state index contributed by atoms with van der Waals surface area (Å²) >= 11 is 0. The number of rotatable bonds is 4. The fraction of sp³-hybridized carbons (Fsp3) is 0.500. The molecule has 21 heavy (non-hydrogen) atoms. The molecule has 1 N–H and O–H groups in total. The van der Waals surface area contributed by atoms with Gasteiger partial charge in [-0.1, -0.05) is 0 Å². The maximum atomic E-state index is 11.6. The Labute approximate surface area is 122 Å². The van der Waals surface area contributed by atoms with Crippen LogP contribution in [0.15, 0.2) is 23.1 Å². The van der Waals surface area contributed by atoms with E-state index in [1.165, 1.54) is 18.3 Å². The van der Waals surface area contributed by atoms with E-state index in [2.05, 4.69) is 5.32 Å². The summed E-state index contributed by atoms with van der Waals surface area (Å²) in [6.45, 7) is 6.94. The van der Waals surface area contributed by atoms with Crippen molar-refractivity contribution in [1.82, 2.24) is 4.57 Å². The molecule has 0 radical (unpaired) electrons. The van der Waals surface area contributed by atoms with Crippen LogP contribution in [-0.2, 0) is 20.8 Å². The molecule has 0 unspecified atom stereocenters. The second-order valence-corrected chi connectivity index (χ2v) is 5.32. The van der Waals surface area contributed by atoms with Gasteiger partial charge in [-0.25, -0.2) is 4.79 Å². The van der Waals surface area contributed by atoms with Gasteiger partial charge in [0.25, 0.3) is 5.56 Å². The normalized spacial score (nSPS) is 10.9. The molecule has 7 heteroatoms. The van der Waals surface area contributed by atoms with Crippen molar-refractivity contribution < 1.29 is 19.1 Å². The molecule has 7 nitrogen and oxygen atoms in total. The molecule has 1 rings (SSSR count). The van der Waals surface area contributed by atoms with E-state index >= 15 is 0 Å². The molecule has 1 amide bonds. The molecule has 0 bridgehead atoms. The van der Waals surface area contributed by atoms with Crippen LogP contribution >= 0.6 is 0 Å². The number of carbonyl (C=O) groups is 2. The van der Waals surface area contributed by atoms with Gasteiger partial charge in [-0.15, -0.1) is 0 Å². The highest BCUT2D eigenvalue weighted by Gasteiger charge is 2.16. The summed E-state index contributed by atoms with van der Waals surface area (Å²) in [5, 5.41) is 2.50. The molecule has 116 valence electrons. The Morgan fingerprint density at radius 3 is 2.52 bits per heavy atom. The van der Waals surface area contributed by atoms with Gasteiger partial charge in [0.15, 0.2) is 0 Å². The van der Waals surface area contributed by atoms with Crippen molar-refractivity contribution in [1.29, 1.82) is 0 Å². The second kappa shape index (κ2) is 6.92. The van der Waals surface area contributed by atoms with Crippen LogP contribution in [0.2, 0.25) is 0 Å². The van der Waals surface area contributed by atoms with Gasteiger partial charge in [-0.05, 0) is 33.8 Å². The van der Waals surface area contributed by atoms with Crippen LogP contribution in [0.25, 0.3) is 0 Å². The van der Waals surface area contributed by atoms with Crippen molar-refractivity contribution in [3.63, 3.8) is 0 Å². The molecular weight excluding hydrogens is 276 g/mol. The molecule has 1 aromatic rings. The molecule has 1 aromatic heterocycles. The fourth-order valence-electron chi connectivity index (χ4n) is 1.50. The van der Waals surface area contributed by atoms with Gasteiger partial charge in [-0.2, -0.15) is 0 Å². The zero-order valence-electron chi connectivity index (χ0n) is 12.6. The van der Waals surface area contributed by atoms with E-state index in [0.29, 0.717) is 5.69 Å². The molecule has 0 aliphatic heterocycles. The molecular formula is C14H20N2O5. The largest absolute Gasteiger partial charge is 0.465 e. The molecule has 0 fully saturated rings. The van der Waals surface area contributed by atoms with Gasteiger partial charge in [0.2, 0.25) is 0 Å². The van der Waals surface area contributed by atoms with Crippen LogP contribution in [0.4, 0.5) is 10.5 Å². The lowest BCUT2D eigenvalue weighted by Crippen LogP contribution is -2.28. The van der Waals surface area contributed by atoms with Crippen molar-refractivity contribution in [2.24, 2.45) is 0 Å². The summed E-state index contributed by atoms with van der Waals surface area (Å²) in [7, 11) is 0. The highest BCUT2D eigenvalue weighted by Crippen LogP contribution is 2.10. The minimum atomic E-state index is -0.635. The van der Waals surface area contributed by atoms with Crippen molar-refractivity contribution in [2.75, 3.05) is 11.9 Å². The lowest BCUT2D eigenvalue weighted by Gasteiger charge is -2.19. The number of nitrogens with zero attached hydrogens (tertiary/aromatic N) is 1. The maximum Gasteiger partial charge on any atom is 0.412 e. The molecule has 0 aliphatic rings. The van der Waals surface area contributed by atoms with E-state index in [4.69, 9.17) is 9.47 Å². The first-order chi connectivity index (χ1) is 9.71. The SMILES string of the molecule is CCOC(=O)Cn1cc(NC(=O)OC(C)(C)C)ccc1=O. The van der Waals surface area contributed by atoms with Crippen LogP contribution in [0, 0.1) is 0 Å². The Hall–Kier alpha value is -2.31. The minimum absolute atomic E-state index is 0.212. The third-order valence-corrected chi connectivity index (χ3v) is 2.23. The van der Waals surface area contributed by atoms with Crippen molar-refractivity contribution in [3.05, 3.63) is 28.7 Å². The van der Waals surface area contributed by atoms with Gasteiger partial charge in [0, 0.05) is 12.3 Å². The van der Waals surface area contributed by atoms with Gasteiger partial charge >= 0.3 is 12.1 Å². The van der Waals surface area contributed by atoms with E-state index in [9.17, 15) is 14.4 Å². The molecule has 0 aliphatic carbocycles. The van der Waals surface area contributed by atoms with Gasteiger partial charge in [0.1, 0.15) is 12.1 Å². The van der Waals surface area contributed by atoms with E-state index < -0.39 is 17.7 Å². The van der Waals surface area contributed by atoms with Crippen LogP contribution in [0.1, 0.15) is 27.7 Å². The molecule has 0 spiro atoms. The zero-order chi connectivity index (χ0) is 16.0. The van der Waals surface area contributed by atoms with Gasteiger partial charge in [-0.3, -0.25) is 14.9 Å². The lowest BCUT2D eigenvalue weighted by atomic mass is 10.2. The first kappa shape index (κ1) is 16.7. The number of carbonyl (C=O) groups excluding carboxylic acids is 2. The maximum absolute atomic E-state index is 11.6. The summed E-state index contributed by atoms with van der Waals surface area (Å²) in [5.41, 5.74) is -0.630. The van der Waals surface area contributed by atoms with Gasteiger partial charge < -0.3 is 14.0 Å². The molecule has 0 saturated heterocycles. The predicted molar refractivity (Wildman–Crippen MR) is 77.2 cm³/mol. The number of amides is 1. The summed E-state index contributed by atoms with van der Waals surface area (Å²) in [4.78, 5) is 34.7. The molecule has 1 heterocycles. The first-order valence-electron chi connectivity index (χ1n) is 6.57. The van der Waals surface area contributed by atoms with E-state index in [-0.39, 0.29) is 18.7 Å². The number of nitrogens with one attached hydrogen (secondary N) is 1. The summed E-state index contributed by atoms with van der Waals surface area (Å²) in [6.07, 6.45) is 0.729. The Morgan fingerprint density at radius 1 is 1.29 bits per heavy atom. The van der Waals surface area contributed by atoms with E-state index in [0.717, 1.165) is 4.57 Å². The van der Waals surface area contributed by atoms with E-state index in [1.807, 2.05) is 0 Å². The fourth-order valence-corrected chi connectivity index (χ4v) is 1.50.